The average Bonchev–Trinajstić information content (AvgIpc) is 3.22. The quantitative estimate of drug-likeness (QED) is 0.795. The fourth-order valence-electron chi connectivity index (χ4n) is 2.66. The molecule has 1 aliphatic rings. The molecule has 5 nitrogen and oxygen atoms in total. The van der Waals surface area contributed by atoms with Gasteiger partial charge in [-0.2, -0.15) is 0 Å². The van der Waals surface area contributed by atoms with Crippen LogP contribution < -0.4 is 10.1 Å². The maximum atomic E-state index is 12.4. The monoisotopic (exact) mass is 337 g/mol. The average molecular weight is 337 g/mol. The number of hydrogen-bond donors (Lipinski definition) is 1. The van der Waals surface area contributed by atoms with Gasteiger partial charge in [0.25, 0.3) is 5.91 Å². The molecule has 1 atom stereocenters. The topological polar surface area (TPSA) is 64.1 Å². The number of carbonyl (C=O) groups excluding carboxylic acids is 1. The zero-order valence-electron chi connectivity index (χ0n) is 12.8. The second kappa shape index (κ2) is 6.41. The fourth-order valence-corrected chi connectivity index (χ4v) is 3.44. The molecule has 0 spiro atoms. The van der Waals surface area contributed by atoms with E-state index < -0.39 is 6.10 Å². The maximum Gasteiger partial charge on any atom is 0.267 e. The van der Waals surface area contributed by atoms with Crippen molar-refractivity contribution < 1.29 is 9.53 Å². The summed E-state index contributed by atoms with van der Waals surface area (Å²) in [5, 5.41) is 12.4. The standard InChI is InChI=1S/C18H15N3O2S/c22-17(15-11-13-8-4-5-9-14(13)23-15)19-18-21-20-16(24-18)10-12-6-2-1-3-7-12/h1-9,15H,10-11H2,(H,19,21,22). The fraction of sp³-hybridized carbons (Fsp3) is 0.167. The molecule has 0 saturated carbocycles. The van der Waals surface area contributed by atoms with E-state index in [9.17, 15) is 4.79 Å². The second-order valence-corrected chi connectivity index (χ2v) is 6.63. The van der Waals surface area contributed by atoms with Crippen LogP contribution in [0, 0.1) is 0 Å². The Morgan fingerprint density at radius 3 is 2.75 bits per heavy atom. The van der Waals surface area contributed by atoms with Gasteiger partial charge in [-0.15, -0.1) is 10.2 Å². The number of carbonyl (C=O) groups is 1. The molecule has 4 rings (SSSR count). The minimum Gasteiger partial charge on any atom is -0.480 e. The third kappa shape index (κ3) is 3.14. The molecule has 120 valence electrons. The van der Waals surface area contributed by atoms with E-state index in [4.69, 9.17) is 4.74 Å². The number of nitrogens with one attached hydrogen (secondary N) is 1. The number of hydrogen-bond acceptors (Lipinski definition) is 5. The minimum absolute atomic E-state index is 0.186. The van der Waals surface area contributed by atoms with Gasteiger partial charge in [0.1, 0.15) is 10.8 Å². The van der Waals surface area contributed by atoms with E-state index in [-0.39, 0.29) is 5.91 Å². The summed E-state index contributed by atoms with van der Waals surface area (Å²) in [4.78, 5) is 12.4. The molecule has 2 aromatic carbocycles. The van der Waals surface area contributed by atoms with Crippen molar-refractivity contribution in [3.63, 3.8) is 0 Å². The number of fused-ring (bicyclic) bond motifs is 1. The van der Waals surface area contributed by atoms with Crippen LogP contribution in [0.5, 0.6) is 5.75 Å². The molecule has 0 saturated heterocycles. The van der Waals surface area contributed by atoms with Gasteiger partial charge in [-0.25, -0.2) is 0 Å². The lowest BCUT2D eigenvalue weighted by molar-refractivity contribution is -0.122. The number of aromatic nitrogens is 2. The lowest BCUT2D eigenvalue weighted by atomic mass is 10.1. The van der Waals surface area contributed by atoms with E-state index >= 15 is 0 Å². The van der Waals surface area contributed by atoms with Gasteiger partial charge in [0.15, 0.2) is 6.10 Å². The summed E-state index contributed by atoms with van der Waals surface area (Å²) in [6.45, 7) is 0. The van der Waals surface area contributed by atoms with Crippen LogP contribution in [0.25, 0.3) is 0 Å². The molecule has 1 aromatic heterocycles. The summed E-state index contributed by atoms with van der Waals surface area (Å²) in [6.07, 6.45) is 0.779. The predicted molar refractivity (Wildman–Crippen MR) is 92.3 cm³/mol. The largest absolute Gasteiger partial charge is 0.480 e. The smallest absolute Gasteiger partial charge is 0.267 e. The lowest BCUT2D eigenvalue weighted by Crippen LogP contribution is -2.31. The van der Waals surface area contributed by atoms with Crippen LogP contribution in [0.1, 0.15) is 16.1 Å². The van der Waals surface area contributed by atoms with Gasteiger partial charge >= 0.3 is 0 Å². The highest BCUT2D eigenvalue weighted by Gasteiger charge is 2.29. The summed E-state index contributed by atoms with van der Waals surface area (Å²) in [6, 6.07) is 17.8. The van der Waals surface area contributed by atoms with E-state index in [1.165, 1.54) is 16.9 Å². The molecule has 0 fully saturated rings. The normalized spacial score (nSPS) is 15.6. The van der Waals surface area contributed by atoms with Crippen LogP contribution in [0.3, 0.4) is 0 Å². The van der Waals surface area contributed by atoms with Crippen molar-refractivity contribution in [2.75, 3.05) is 5.32 Å². The molecule has 1 N–H and O–H groups in total. The van der Waals surface area contributed by atoms with Gasteiger partial charge in [0.05, 0.1) is 0 Å². The SMILES string of the molecule is O=C(Nc1nnc(Cc2ccccc2)s1)C1Cc2ccccc2O1. The third-order valence-electron chi connectivity index (χ3n) is 3.83. The Kier molecular flexibility index (Phi) is 3.96. The molecule has 24 heavy (non-hydrogen) atoms. The number of nitrogens with zero attached hydrogens (tertiary/aromatic N) is 2. The summed E-state index contributed by atoms with van der Waals surface area (Å²) in [5.41, 5.74) is 2.22. The zero-order chi connectivity index (χ0) is 16.4. The van der Waals surface area contributed by atoms with Gasteiger partial charge in [-0.1, -0.05) is 59.9 Å². The van der Waals surface area contributed by atoms with Crippen molar-refractivity contribution in [1.29, 1.82) is 0 Å². The highest BCUT2D eigenvalue weighted by Crippen LogP contribution is 2.29. The number of ether oxygens (including phenoxy) is 1. The molecule has 0 bridgehead atoms. The summed E-state index contributed by atoms with van der Waals surface area (Å²) < 4.78 is 5.69. The van der Waals surface area contributed by atoms with Crippen LogP contribution in [-0.2, 0) is 17.6 Å². The highest BCUT2D eigenvalue weighted by molar-refractivity contribution is 7.15. The molecule has 1 aliphatic heterocycles. The van der Waals surface area contributed by atoms with Crippen LogP contribution in [0.4, 0.5) is 5.13 Å². The third-order valence-corrected chi connectivity index (χ3v) is 4.67. The minimum atomic E-state index is -0.510. The Morgan fingerprint density at radius 1 is 1.12 bits per heavy atom. The van der Waals surface area contributed by atoms with Gasteiger partial charge in [-0.05, 0) is 17.2 Å². The number of anilines is 1. The van der Waals surface area contributed by atoms with E-state index in [2.05, 4.69) is 15.5 Å². The Bertz CT molecular complexity index is 838. The Hall–Kier alpha value is -2.73. The summed E-state index contributed by atoms with van der Waals surface area (Å²) >= 11 is 1.39. The first-order chi connectivity index (χ1) is 11.8. The first-order valence-corrected chi connectivity index (χ1v) is 8.51. The van der Waals surface area contributed by atoms with E-state index in [0.29, 0.717) is 18.0 Å². The number of amides is 1. The molecule has 0 aliphatic carbocycles. The second-order valence-electron chi connectivity index (χ2n) is 5.57. The molecule has 3 aromatic rings. The van der Waals surface area contributed by atoms with Gasteiger partial charge in [0, 0.05) is 12.8 Å². The van der Waals surface area contributed by atoms with Gasteiger partial charge < -0.3 is 4.74 Å². The highest BCUT2D eigenvalue weighted by atomic mass is 32.1. The van der Waals surface area contributed by atoms with Crippen molar-refractivity contribution in [2.24, 2.45) is 0 Å². The molecular formula is C18H15N3O2S. The number of rotatable bonds is 4. The van der Waals surface area contributed by atoms with Crippen LogP contribution >= 0.6 is 11.3 Å². The van der Waals surface area contributed by atoms with Crippen molar-refractivity contribution >= 4 is 22.4 Å². The zero-order valence-corrected chi connectivity index (χ0v) is 13.6. The van der Waals surface area contributed by atoms with Gasteiger partial charge in [0.2, 0.25) is 5.13 Å². The van der Waals surface area contributed by atoms with Crippen LogP contribution in [0.15, 0.2) is 54.6 Å². The van der Waals surface area contributed by atoms with E-state index in [1.807, 2.05) is 54.6 Å². The van der Waals surface area contributed by atoms with Crippen molar-refractivity contribution in [2.45, 2.75) is 18.9 Å². The van der Waals surface area contributed by atoms with E-state index in [1.54, 1.807) is 0 Å². The van der Waals surface area contributed by atoms with Gasteiger partial charge in [-0.3, -0.25) is 10.1 Å². The molecule has 2 heterocycles. The maximum absolute atomic E-state index is 12.4. The Labute approximate surface area is 143 Å². The van der Waals surface area contributed by atoms with Crippen LogP contribution in [0.2, 0.25) is 0 Å². The number of para-hydroxylation sites is 1. The first-order valence-electron chi connectivity index (χ1n) is 7.70. The van der Waals surface area contributed by atoms with Crippen molar-refractivity contribution in [1.82, 2.24) is 10.2 Å². The summed E-state index contributed by atoms with van der Waals surface area (Å²) in [5.74, 6) is 0.591. The molecule has 6 heteroatoms. The predicted octanol–water partition coefficient (Wildman–Crippen LogP) is 3.07. The van der Waals surface area contributed by atoms with Crippen molar-refractivity contribution in [3.05, 3.63) is 70.7 Å². The lowest BCUT2D eigenvalue weighted by Gasteiger charge is -2.08. The number of benzene rings is 2. The first kappa shape index (κ1) is 14.8. The molecule has 0 radical (unpaired) electrons. The van der Waals surface area contributed by atoms with Crippen molar-refractivity contribution in [3.8, 4) is 5.75 Å². The molecule has 1 unspecified atom stereocenters. The Balaban J connectivity index is 1.39. The Morgan fingerprint density at radius 2 is 1.92 bits per heavy atom. The molecule has 1 amide bonds. The van der Waals surface area contributed by atoms with E-state index in [0.717, 1.165) is 16.3 Å². The summed E-state index contributed by atoms with van der Waals surface area (Å²) in [7, 11) is 0. The van der Waals surface area contributed by atoms with Crippen LogP contribution in [-0.4, -0.2) is 22.2 Å². The molecular weight excluding hydrogens is 322 g/mol.